The first-order chi connectivity index (χ1) is 9.60. The summed E-state index contributed by atoms with van der Waals surface area (Å²) < 4.78 is 40.5. The fourth-order valence-corrected chi connectivity index (χ4v) is 2.55. The van der Waals surface area contributed by atoms with Crippen molar-refractivity contribution in [3.63, 3.8) is 0 Å². The van der Waals surface area contributed by atoms with Crippen LogP contribution in [0.1, 0.15) is 12.5 Å². The van der Waals surface area contributed by atoms with Gasteiger partial charge in [-0.15, -0.1) is 0 Å². The van der Waals surface area contributed by atoms with Gasteiger partial charge in [0.25, 0.3) is 0 Å². The van der Waals surface area contributed by atoms with E-state index in [0.29, 0.717) is 6.54 Å². The van der Waals surface area contributed by atoms with E-state index < -0.39 is 17.5 Å². The summed E-state index contributed by atoms with van der Waals surface area (Å²) in [5.41, 5.74) is 0.813. The normalized spacial score (nSPS) is 10.8. The first-order valence-corrected chi connectivity index (χ1v) is 7.04. The lowest BCUT2D eigenvalue weighted by molar-refractivity contribution is 0.575. The van der Waals surface area contributed by atoms with Gasteiger partial charge >= 0.3 is 0 Å². The maximum atomic E-state index is 13.9. The summed E-state index contributed by atoms with van der Waals surface area (Å²) in [5.74, 6) is -1.54. The van der Waals surface area contributed by atoms with Gasteiger partial charge in [0.15, 0.2) is 0 Å². The smallest absolute Gasteiger partial charge is 0.137 e. The van der Waals surface area contributed by atoms with E-state index in [2.05, 4.69) is 5.32 Å². The van der Waals surface area contributed by atoms with Crippen molar-refractivity contribution in [3.05, 3.63) is 59.4 Å². The summed E-state index contributed by atoms with van der Waals surface area (Å²) in [6.07, 6.45) is 0. The van der Waals surface area contributed by atoms with Gasteiger partial charge in [0.05, 0.1) is 4.90 Å². The first kappa shape index (κ1) is 14.9. The Morgan fingerprint density at radius 3 is 2.45 bits per heavy atom. The quantitative estimate of drug-likeness (QED) is 0.880. The molecule has 0 aliphatic rings. The minimum atomic E-state index is -0.562. The Hall–Kier alpha value is -1.46. The van der Waals surface area contributed by atoms with Gasteiger partial charge in [-0.2, -0.15) is 0 Å². The molecule has 1 nitrogen and oxygen atoms in total. The molecule has 0 aromatic heterocycles. The predicted octanol–water partition coefficient (Wildman–Crippen LogP) is 4.36. The van der Waals surface area contributed by atoms with E-state index in [4.69, 9.17) is 0 Å². The Morgan fingerprint density at radius 1 is 0.950 bits per heavy atom. The van der Waals surface area contributed by atoms with E-state index in [1.807, 2.05) is 6.92 Å². The molecule has 0 bridgehead atoms. The van der Waals surface area contributed by atoms with Crippen LogP contribution in [0.25, 0.3) is 0 Å². The minimum Gasteiger partial charge on any atom is -0.313 e. The van der Waals surface area contributed by atoms with Crippen LogP contribution in [0, 0.1) is 17.5 Å². The predicted molar refractivity (Wildman–Crippen MR) is 74.3 cm³/mol. The van der Waals surface area contributed by atoms with Crippen molar-refractivity contribution in [2.75, 3.05) is 6.54 Å². The molecule has 0 radical (unpaired) electrons. The number of benzene rings is 2. The Bertz CT molecular complexity index is 602. The number of rotatable bonds is 5. The van der Waals surface area contributed by atoms with Gasteiger partial charge in [0.2, 0.25) is 0 Å². The largest absolute Gasteiger partial charge is 0.313 e. The van der Waals surface area contributed by atoms with Crippen LogP contribution in [0.4, 0.5) is 13.2 Å². The third-order valence-electron chi connectivity index (χ3n) is 2.69. The maximum Gasteiger partial charge on any atom is 0.137 e. The van der Waals surface area contributed by atoms with Crippen molar-refractivity contribution >= 4 is 11.8 Å². The Kier molecular flexibility index (Phi) is 5.09. The maximum absolute atomic E-state index is 13.9. The van der Waals surface area contributed by atoms with E-state index in [-0.39, 0.29) is 9.79 Å². The van der Waals surface area contributed by atoms with Gasteiger partial charge in [0, 0.05) is 11.4 Å². The Morgan fingerprint density at radius 2 is 1.75 bits per heavy atom. The molecule has 0 aliphatic heterocycles. The van der Waals surface area contributed by atoms with E-state index >= 15 is 0 Å². The van der Waals surface area contributed by atoms with Crippen LogP contribution in [-0.4, -0.2) is 6.54 Å². The average Bonchev–Trinajstić information content (AvgIpc) is 2.43. The van der Waals surface area contributed by atoms with Gasteiger partial charge in [-0.25, -0.2) is 13.2 Å². The van der Waals surface area contributed by atoms with Gasteiger partial charge in [-0.1, -0.05) is 24.8 Å². The van der Waals surface area contributed by atoms with Crippen molar-refractivity contribution in [3.8, 4) is 0 Å². The SMILES string of the molecule is CCNCc1ccc(Sc2cc(F)ccc2F)c(F)c1. The third kappa shape index (κ3) is 3.77. The number of hydrogen-bond acceptors (Lipinski definition) is 2. The van der Waals surface area contributed by atoms with E-state index in [9.17, 15) is 13.2 Å². The molecule has 5 heteroatoms. The molecule has 2 rings (SSSR count). The van der Waals surface area contributed by atoms with Crippen LogP contribution in [0.2, 0.25) is 0 Å². The molecule has 0 amide bonds. The van der Waals surface area contributed by atoms with Crippen molar-refractivity contribution in [1.82, 2.24) is 5.32 Å². The van der Waals surface area contributed by atoms with Crippen LogP contribution in [0.5, 0.6) is 0 Å². The van der Waals surface area contributed by atoms with Crippen LogP contribution in [0.15, 0.2) is 46.2 Å². The summed E-state index contributed by atoms with van der Waals surface area (Å²) in [6, 6.07) is 7.89. The molecule has 0 atom stereocenters. The lowest BCUT2D eigenvalue weighted by Gasteiger charge is -2.07. The zero-order chi connectivity index (χ0) is 14.5. The average molecular weight is 297 g/mol. The van der Waals surface area contributed by atoms with Crippen molar-refractivity contribution in [1.29, 1.82) is 0 Å². The van der Waals surface area contributed by atoms with Crippen LogP contribution >= 0.6 is 11.8 Å². The standard InChI is InChI=1S/C15H14F3NS/c1-2-19-9-10-3-6-14(13(18)7-10)20-15-8-11(16)4-5-12(15)17/h3-8,19H,2,9H2,1H3. The summed E-state index contributed by atoms with van der Waals surface area (Å²) in [7, 11) is 0. The van der Waals surface area contributed by atoms with Gasteiger partial charge in [-0.3, -0.25) is 0 Å². The molecule has 0 saturated carbocycles. The minimum absolute atomic E-state index is 0.0725. The van der Waals surface area contributed by atoms with Gasteiger partial charge < -0.3 is 5.32 Å². The fraction of sp³-hybridized carbons (Fsp3) is 0.200. The second-order valence-corrected chi connectivity index (χ2v) is 5.31. The molecule has 0 unspecified atom stereocenters. The summed E-state index contributed by atoms with van der Waals surface area (Å²) >= 11 is 0.877. The highest BCUT2D eigenvalue weighted by Crippen LogP contribution is 2.32. The molecule has 0 heterocycles. The van der Waals surface area contributed by atoms with E-state index in [1.165, 1.54) is 6.07 Å². The summed E-state index contributed by atoms with van der Waals surface area (Å²) in [5, 5.41) is 3.09. The third-order valence-corrected chi connectivity index (χ3v) is 3.77. The molecule has 0 fully saturated rings. The molecule has 0 aliphatic carbocycles. The topological polar surface area (TPSA) is 12.0 Å². The lowest BCUT2D eigenvalue weighted by atomic mass is 10.2. The summed E-state index contributed by atoms with van der Waals surface area (Å²) in [6.45, 7) is 3.34. The van der Waals surface area contributed by atoms with Crippen LogP contribution in [0.3, 0.4) is 0 Å². The van der Waals surface area contributed by atoms with Crippen molar-refractivity contribution < 1.29 is 13.2 Å². The Balaban J connectivity index is 2.19. The second-order valence-electron chi connectivity index (χ2n) is 4.22. The molecule has 106 valence electrons. The number of halogens is 3. The molecule has 0 spiro atoms. The van der Waals surface area contributed by atoms with Gasteiger partial charge in [0.1, 0.15) is 17.5 Å². The lowest BCUT2D eigenvalue weighted by Crippen LogP contribution is -2.11. The zero-order valence-corrected chi connectivity index (χ0v) is 11.7. The molecule has 2 aromatic carbocycles. The molecule has 1 N–H and O–H groups in total. The van der Waals surface area contributed by atoms with Gasteiger partial charge in [-0.05, 0) is 42.4 Å². The van der Waals surface area contributed by atoms with E-state index in [1.54, 1.807) is 12.1 Å². The Labute approximate surface area is 120 Å². The molecule has 0 saturated heterocycles. The molecule has 20 heavy (non-hydrogen) atoms. The van der Waals surface area contributed by atoms with Crippen molar-refractivity contribution in [2.24, 2.45) is 0 Å². The highest BCUT2D eigenvalue weighted by atomic mass is 32.2. The molecule has 2 aromatic rings. The number of hydrogen-bond donors (Lipinski definition) is 1. The fourth-order valence-electron chi connectivity index (χ4n) is 1.68. The second kappa shape index (κ2) is 6.81. The summed E-state index contributed by atoms with van der Waals surface area (Å²) in [4.78, 5) is 0.345. The number of nitrogens with one attached hydrogen (secondary N) is 1. The van der Waals surface area contributed by atoms with Crippen molar-refractivity contribution in [2.45, 2.75) is 23.3 Å². The monoisotopic (exact) mass is 297 g/mol. The van der Waals surface area contributed by atoms with Crippen LogP contribution < -0.4 is 5.32 Å². The molecular formula is C15H14F3NS. The first-order valence-electron chi connectivity index (χ1n) is 6.22. The molecular weight excluding hydrogens is 283 g/mol. The highest BCUT2D eigenvalue weighted by Gasteiger charge is 2.10. The highest BCUT2D eigenvalue weighted by molar-refractivity contribution is 7.99. The van der Waals surface area contributed by atoms with Crippen LogP contribution in [-0.2, 0) is 6.54 Å². The van der Waals surface area contributed by atoms with E-state index in [0.717, 1.165) is 42.1 Å². The zero-order valence-electron chi connectivity index (χ0n) is 10.9.